The van der Waals surface area contributed by atoms with Crippen molar-refractivity contribution in [3.63, 3.8) is 0 Å². The van der Waals surface area contributed by atoms with E-state index < -0.39 is 0 Å². The molecule has 0 N–H and O–H groups in total. The van der Waals surface area contributed by atoms with Crippen molar-refractivity contribution >= 4 is 82.3 Å². The van der Waals surface area contributed by atoms with Gasteiger partial charge in [0, 0.05) is 60.5 Å². The van der Waals surface area contributed by atoms with E-state index in [2.05, 4.69) is 214 Å². The molecule has 5 heteroatoms. The third-order valence-corrected chi connectivity index (χ3v) is 14.1. The summed E-state index contributed by atoms with van der Waals surface area (Å²) < 4.78 is 7.37. The molecular weight excluding hydrogens is 791 g/mol. The van der Waals surface area contributed by atoms with E-state index >= 15 is 0 Å². The van der Waals surface area contributed by atoms with E-state index in [1.807, 2.05) is 0 Å². The first-order valence-electron chi connectivity index (χ1n) is 22.6. The summed E-state index contributed by atoms with van der Waals surface area (Å²) in [5.74, 6) is 0.693. The predicted octanol–water partition coefficient (Wildman–Crippen LogP) is 15.2. The van der Waals surface area contributed by atoms with Crippen LogP contribution in [0.15, 0.2) is 194 Å². The van der Waals surface area contributed by atoms with Crippen LogP contribution in [0.1, 0.15) is 17.7 Å². The van der Waals surface area contributed by atoms with Gasteiger partial charge in [-0.1, -0.05) is 115 Å². The first-order valence-corrected chi connectivity index (χ1v) is 22.6. The van der Waals surface area contributed by atoms with Crippen LogP contribution >= 0.6 is 0 Å². The number of hydrogen-bond acceptors (Lipinski definition) is 2. The number of para-hydroxylation sites is 3. The van der Waals surface area contributed by atoms with Crippen molar-refractivity contribution in [2.75, 3.05) is 0 Å². The third kappa shape index (κ3) is 4.92. The van der Waals surface area contributed by atoms with Gasteiger partial charge in [-0.05, 0) is 125 Å². The lowest BCUT2D eigenvalue weighted by atomic mass is 9.99. The first kappa shape index (κ1) is 35.0. The summed E-state index contributed by atoms with van der Waals surface area (Å²) >= 11 is 0. The standard InChI is InChI=1S/C60H37N5/c1-2-15-37(16-3-1)59-58-41-17-5-4-14-36(41)26-29-49(58)61-60(62-59)45-21-9-13-25-53(45)65-54-30-27-39(63-50-22-10-6-18-42(50)43-19-7-11-23-51(43)63)34-47(54)48-35-40(28-31-55(48)65)64-52-24-12-8-20-44(52)57-46-32-38(46)33-56(57)64/h1-6,8-18,20-35H,7,19H2. The summed E-state index contributed by atoms with van der Waals surface area (Å²) in [7, 11) is 0. The van der Waals surface area contributed by atoms with Gasteiger partial charge in [-0.25, -0.2) is 9.97 Å². The maximum Gasteiger partial charge on any atom is 0.162 e. The highest BCUT2D eigenvalue weighted by atomic mass is 15.0. The van der Waals surface area contributed by atoms with Gasteiger partial charge in [0.25, 0.3) is 0 Å². The molecule has 0 atom stereocenters. The van der Waals surface area contributed by atoms with Crippen molar-refractivity contribution in [2.24, 2.45) is 0 Å². The molecule has 0 spiro atoms. The second kappa shape index (κ2) is 13.0. The molecule has 0 saturated heterocycles. The van der Waals surface area contributed by atoms with Crippen LogP contribution in [-0.2, 0) is 6.42 Å². The molecule has 302 valence electrons. The highest BCUT2D eigenvalue weighted by Gasteiger charge is 2.26. The number of allylic oxidation sites excluding steroid dienone is 1. The summed E-state index contributed by atoms with van der Waals surface area (Å²) in [5, 5.41) is 9.74. The lowest BCUT2D eigenvalue weighted by Crippen LogP contribution is -2.02. The molecule has 3 aliphatic carbocycles. The number of benzene rings is 9. The number of aromatic nitrogens is 5. The van der Waals surface area contributed by atoms with Gasteiger partial charge in [-0.2, -0.15) is 0 Å². The summed E-state index contributed by atoms with van der Waals surface area (Å²) in [5.41, 5.74) is 18.6. The smallest absolute Gasteiger partial charge is 0.162 e. The van der Waals surface area contributed by atoms with Crippen molar-refractivity contribution in [1.82, 2.24) is 23.7 Å². The molecule has 0 radical (unpaired) electrons. The van der Waals surface area contributed by atoms with Gasteiger partial charge in [0.2, 0.25) is 0 Å². The molecule has 5 nitrogen and oxygen atoms in total. The number of rotatable bonds is 5. The molecule has 65 heavy (non-hydrogen) atoms. The maximum absolute atomic E-state index is 5.51. The van der Waals surface area contributed by atoms with Gasteiger partial charge in [0.15, 0.2) is 5.82 Å². The van der Waals surface area contributed by atoms with Crippen LogP contribution in [0.2, 0.25) is 0 Å². The monoisotopic (exact) mass is 827 g/mol. The first-order chi connectivity index (χ1) is 32.2. The van der Waals surface area contributed by atoms with Crippen LogP contribution in [0.3, 0.4) is 0 Å². The van der Waals surface area contributed by atoms with Crippen LogP contribution in [0.25, 0.3) is 133 Å². The predicted molar refractivity (Wildman–Crippen MR) is 270 cm³/mol. The fourth-order valence-corrected chi connectivity index (χ4v) is 11.2. The zero-order valence-electron chi connectivity index (χ0n) is 35.2. The SMILES string of the molecule is C1=Cc2c(c3ccccc3n2-c2ccc3c(c2)c2cc(-n4c5ccccc5c5c6cc-6cc54)ccc2n3-c2ccccc2-c2nc(-c3ccccc3)c3c(ccc4ccccc43)n2)CC1. The molecule has 0 aliphatic heterocycles. The quantitative estimate of drug-likeness (QED) is 0.162. The molecule has 12 aromatic rings. The van der Waals surface area contributed by atoms with Crippen LogP contribution in [0.4, 0.5) is 0 Å². The number of fused-ring (bicyclic) bond motifs is 14. The minimum atomic E-state index is 0.693. The molecule has 0 bridgehead atoms. The Hall–Kier alpha value is -8.54. The van der Waals surface area contributed by atoms with Gasteiger partial charge < -0.3 is 13.7 Å². The molecule has 15 rings (SSSR count). The summed E-state index contributed by atoms with van der Waals surface area (Å²) in [6.07, 6.45) is 6.75. The lowest BCUT2D eigenvalue weighted by molar-refractivity contribution is 0.968. The van der Waals surface area contributed by atoms with Gasteiger partial charge >= 0.3 is 0 Å². The van der Waals surface area contributed by atoms with Crippen LogP contribution < -0.4 is 0 Å². The Morgan fingerprint density at radius 2 is 1.09 bits per heavy atom. The average molecular weight is 828 g/mol. The molecule has 0 amide bonds. The van der Waals surface area contributed by atoms with Crippen molar-refractivity contribution in [2.45, 2.75) is 12.8 Å². The van der Waals surface area contributed by atoms with Crippen molar-refractivity contribution < 1.29 is 0 Å². The van der Waals surface area contributed by atoms with Crippen molar-refractivity contribution in [1.29, 1.82) is 0 Å². The van der Waals surface area contributed by atoms with Crippen LogP contribution in [0, 0.1) is 0 Å². The highest BCUT2D eigenvalue weighted by Crippen LogP contribution is 2.49. The highest BCUT2D eigenvalue weighted by molar-refractivity contribution is 6.22. The van der Waals surface area contributed by atoms with E-state index in [-0.39, 0.29) is 0 Å². The summed E-state index contributed by atoms with van der Waals surface area (Å²) in [6.45, 7) is 0. The molecule has 0 unspecified atom stereocenters. The largest absolute Gasteiger partial charge is 0.310 e. The van der Waals surface area contributed by atoms with E-state index in [0.717, 1.165) is 74.0 Å². The van der Waals surface area contributed by atoms with E-state index in [0.29, 0.717) is 5.82 Å². The molecule has 8 aromatic carbocycles. The van der Waals surface area contributed by atoms with Crippen molar-refractivity contribution in [3.8, 4) is 50.8 Å². The minimum absolute atomic E-state index is 0.693. The van der Waals surface area contributed by atoms with E-state index in [9.17, 15) is 0 Å². The Kier molecular flexibility index (Phi) is 7.00. The van der Waals surface area contributed by atoms with E-state index in [1.165, 1.54) is 71.3 Å². The Morgan fingerprint density at radius 3 is 1.92 bits per heavy atom. The van der Waals surface area contributed by atoms with E-state index in [1.54, 1.807) is 0 Å². The summed E-state index contributed by atoms with van der Waals surface area (Å²) in [6, 6.07) is 68.6. The van der Waals surface area contributed by atoms with Gasteiger partial charge in [0.1, 0.15) is 0 Å². The van der Waals surface area contributed by atoms with Gasteiger partial charge in [0.05, 0.1) is 44.5 Å². The second-order valence-electron chi connectivity index (χ2n) is 17.6. The minimum Gasteiger partial charge on any atom is -0.310 e. The maximum atomic E-state index is 5.51. The zero-order chi connectivity index (χ0) is 42.3. The van der Waals surface area contributed by atoms with Crippen LogP contribution in [0.5, 0.6) is 0 Å². The third-order valence-electron chi connectivity index (χ3n) is 14.1. The van der Waals surface area contributed by atoms with Crippen LogP contribution in [-0.4, -0.2) is 23.7 Å². The fraction of sp³-hybridized carbons (Fsp3) is 0.0333. The number of aryl methyl sites for hydroxylation is 1. The molecule has 0 saturated carbocycles. The number of hydrogen-bond donors (Lipinski definition) is 0. The Balaban J connectivity index is 1.01. The Labute approximate surface area is 373 Å². The average Bonchev–Trinajstić information content (AvgIpc) is 3.61. The topological polar surface area (TPSA) is 40.6 Å². The van der Waals surface area contributed by atoms with Gasteiger partial charge in [-0.15, -0.1) is 0 Å². The molecular formula is C60H37N5. The second-order valence-corrected chi connectivity index (χ2v) is 17.6. The molecule has 0 fully saturated rings. The molecule has 3 aliphatic rings. The lowest BCUT2D eigenvalue weighted by Gasteiger charge is -2.16. The Bertz CT molecular complexity index is 4230. The fourth-order valence-electron chi connectivity index (χ4n) is 11.2. The van der Waals surface area contributed by atoms with Gasteiger partial charge in [-0.3, -0.25) is 0 Å². The molecule has 4 heterocycles. The number of nitrogens with zero attached hydrogens (tertiary/aromatic N) is 5. The van der Waals surface area contributed by atoms with Crippen molar-refractivity contribution in [3.05, 3.63) is 205 Å². The molecule has 4 aromatic heterocycles. The normalized spacial score (nSPS) is 13.0. The Morgan fingerprint density at radius 1 is 0.415 bits per heavy atom. The zero-order valence-corrected chi connectivity index (χ0v) is 35.2. The van der Waals surface area contributed by atoms with E-state index in [4.69, 9.17) is 9.97 Å². The summed E-state index contributed by atoms with van der Waals surface area (Å²) in [4.78, 5) is 10.9.